The molecular weight excluding hydrogens is 308 g/mol. The third kappa shape index (κ3) is 2.77. The average Bonchev–Trinajstić information content (AvgIpc) is 3.09. The van der Waals surface area contributed by atoms with Crippen LogP contribution in [-0.2, 0) is 21.5 Å². The van der Waals surface area contributed by atoms with Crippen molar-refractivity contribution in [2.75, 3.05) is 18.5 Å². The van der Waals surface area contributed by atoms with E-state index in [1.54, 1.807) is 28.2 Å². The van der Waals surface area contributed by atoms with Crippen LogP contribution in [0.2, 0.25) is 0 Å². The zero-order valence-corrected chi connectivity index (χ0v) is 14.4. The molecule has 4 nitrogen and oxygen atoms in total. The highest BCUT2D eigenvalue weighted by Gasteiger charge is 2.44. The molecule has 1 aromatic carbocycles. The van der Waals surface area contributed by atoms with Gasteiger partial charge in [-0.15, -0.1) is 11.3 Å². The Bertz CT molecular complexity index is 737. The summed E-state index contributed by atoms with van der Waals surface area (Å²) in [6.45, 7) is 4.48. The molecule has 3 rings (SSSR count). The number of carbonyl (C=O) groups is 2. The maximum absolute atomic E-state index is 12.7. The molecular formula is C18H20N2O2S. The van der Waals surface area contributed by atoms with Gasteiger partial charge in [0.15, 0.2) is 0 Å². The number of amides is 2. The van der Waals surface area contributed by atoms with Crippen LogP contribution in [0.4, 0.5) is 5.69 Å². The fourth-order valence-electron chi connectivity index (χ4n) is 2.94. The monoisotopic (exact) mass is 328 g/mol. The number of para-hydroxylation sites is 1. The highest BCUT2D eigenvalue weighted by molar-refractivity contribution is 7.09. The molecule has 23 heavy (non-hydrogen) atoms. The van der Waals surface area contributed by atoms with Gasteiger partial charge in [0.2, 0.25) is 11.8 Å². The van der Waals surface area contributed by atoms with Crippen molar-refractivity contribution >= 4 is 28.8 Å². The van der Waals surface area contributed by atoms with Gasteiger partial charge in [0.1, 0.15) is 6.54 Å². The predicted octanol–water partition coefficient (Wildman–Crippen LogP) is 3.03. The summed E-state index contributed by atoms with van der Waals surface area (Å²) in [6, 6.07) is 11.7. The van der Waals surface area contributed by atoms with E-state index in [1.165, 1.54) is 0 Å². The summed E-state index contributed by atoms with van der Waals surface area (Å²) in [4.78, 5) is 29.7. The smallest absolute Gasteiger partial charge is 0.242 e. The molecule has 0 aliphatic carbocycles. The lowest BCUT2D eigenvalue weighted by atomic mass is 9.86. The molecule has 0 bridgehead atoms. The number of hydrogen-bond acceptors (Lipinski definition) is 3. The molecule has 2 amide bonds. The van der Waals surface area contributed by atoms with Gasteiger partial charge in [0.25, 0.3) is 0 Å². The molecule has 0 N–H and O–H groups in total. The third-order valence-corrected chi connectivity index (χ3v) is 5.20. The molecule has 2 aromatic rings. The topological polar surface area (TPSA) is 40.6 Å². The highest BCUT2D eigenvalue weighted by atomic mass is 32.1. The minimum Gasteiger partial charge on any atom is -0.339 e. The van der Waals surface area contributed by atoms with Crippen LogP contribution in [0.25, 0.3) is 0 Å². The molecule has 0 unspecified atom stereocenters. The first-order chi connectivity index (χ1) is 10.9. The van der Waals surface area contributed by atoms with Crippen molar-refractivity contribution in [2.24, 2.45) is 0 Å². The molecule has 5 heteroatoms. The lowest BCUT2D eigenvalue weighted by Gasteiger charge is -2.23. The Morgan fingerprint density at radius 2 is 1.96 bits per heavy atom. The number of likely N-dealkylation sites (N-methyl/N-ethyl adjacent to an activating group) is 1. The number of thiophene rings is 1. The maximum atomic E-state index is 12.7. The number of carbonyl (C=O) groups excluding carboxylic acids is 2. The summed E-state index contributed by atoms with van der Waals surface area (Å²) in [7, 11) is 1.78. The second kappa shape index (κ2) is 5.81. The molecule has 0 atom stereocenters. The molecule has 1 aliphatic heterocycles. The number of anilines is 1. The Labute approximate surface area is 140 Å². The Balaban J connectivity index is 1.77. The Morgan fingerprint density at radius 3 is 2.65 bits per heavy atom. The van der Waals surface area contributed by atoms with Gasteiger partial charge in [0.05, 0.1) is 12.0 Å². The first-order valence-electron chi connectivity index (χ1n) is 7.59. The first-order valence-corrected chi connectivity index (χ1v) is 8.47. The van der Waals surface area contributed by atoms with Gasteiger partial charge in [-0.25, -0.2) is 0 Å². The second-order valence-electron chi connectivity index (χ2n) is 6.36. The quantitative estimate of drug-likeness (QED) is 0.865. The Morgan fingerprint density at radius 1 is 1.22 bits per heavy atom. The SMILES string of the molecule is CN(Cc1cccs1)C(=O)CN1C(=O)C(C)(C)c2ccccc21. The van der Waals surface area contributed by atoms with Crippen LogP contribution in [0.1, 0.15) is 24.3 Å². The van der Waals surface area contributed by atoms with E-state index in [9.17, 15) is 9.59 Å². The van der Waals surface area contributed by atoms with Gasteiger partial charge < -0.3 is 9.80 Å². The van der Waals surface area contributed by atoms with Crippen LogP contribution < -0.4 is 4.90 Å². The number of fused-ring (bicyclic) bond motifs is 1. The van der Waals surface area contributed by atoms with Crippen molar-refractivity contribution in [3.63, 3.8) is 0 Å². The summed E-state index contributed by atoms with van der Waals surface area (Å²) < 4.78 is 0. The zero-order valence-electron chi connectivity index (χ0n) is 13.6. The van der Waals surface area contributed by atoms with E-state index < -0.39 is 5.41 Å². The van der Waals surface area contributed by atoms with Crippen LogP contribution in [-0.4, -0.2) is 30.3 Å². The molecule has 0 spiro atoms. The molecule has 1 aromatic heterocycles. The summed E-state index contributed by atoms with van der Waals surface area (Å²) in [5.74, 6) is -0.0733. The third-order valence-electron chi connectivity index (χ3n) is 4.34. The standard InChI is InChI=1S/C18H20N2O2S/c1-18(2)14-8-4-5-9-15(14)20(17(18)22)12-16(21)19(3)11-13-7-6-10-23-13/h4-10H,11-12H2,1-3H3. The molecule has 1 aliphatic rings. The minimum absolute atomic E-state index is 0.0171. The molecule has 0 saturated heterocycles. The van der Waals surface area contributed by atoms with Crippen molar-refractivity contribution in [2.45, 2.75) is 25.8 Å². The Kier molecular flexibility index (Phi) is 3.98. The summed E-state index contributed by atoms with van der Waals surface area (Å²) >= 11 is 1.63. The fraction of sp³-hybridized carbons (Fsp3) is 0.333. The van der Waals surface area contributed by atoms with E-state index in [1.807, 2.05) is 55.6 Å². The summed E-state index contributed by atoms with van der Waals surface area (Å²) in [5, 5.41) is 2.00. The van der Waals surface area contributed by atoms with E-state index in [0.29, 0.717) is 6.54 Å². The summed E-state index contributed by atoms with van der Waals surface area (Å²) in [6.07, 6.45) is 0. The van der Waals surface area contributed by atoms with Crippen molar-refractivity contribution in [1.29, 1.82) is 0 Å². The van der Waals surface area contributed by atoms with Crippen LogP contribution in [0, 0.1) is 0 Å². The van der Waals surface area contributed by atoms with Crippen molar-refractivity contribution in [3.8, 4) is 0 Å². The molecule has 120 valence electrons. The van der Waals surface area contributed by atoms with Crippen LogP contribution in [0.5, 0.6) is 0 Å². The zero-order chi connectivity index (χ0) is 16.6. The van der Waals surface area contributed by atoms with Crippen molar-refractivity contribution in [3.05, 3.63) is 52.2 Å². The van der Waals surface area contributed by atoms with Crippen molar-refractivity contribution < 1.29 is 9.59 Å². The number of hydrogen-bond donors (Lipinski definition) is 0. The number of benzene rings is 1. The molecule has 0 radical (unpaired) electrons. The summed E-state index contributed by atoms with van der Waals surface area (Å²) in [5.41, 5.74) is 1.25. The molecule has 0 fully saturated rings. The maximum Gasteiger partial charge on any atom is 0.242 e. The van der Waals surface area contributed by atoms with Crippen LogP contribution >= 0.6 is 11.3 Å². The predicted molar refractivity (Wildman–Crippen MR) is 92.6 cm³/mol. The van der Waals surface area contributed by atoms with Gasteiger partial charge >= 0.3 is 0 Å². The van der Waals surface area contributed by atoms with Gasteiger partial charge in [-0.05, 0) is 36.9 Å². The average molecular weight is 328 g/mol. The molecule has 0 saturated carbocycles. The number of rotatable bonds is 4. The molecule has 2 heterocycles. The normalized spacial score (nSPS) is 15.6. The second-order valence-corrected chi connectivity index (χ2v) is 7.39. The van der Waals surface area contributed by atoms with Gasteiger partial charge in [0, 0.05) is 17.6 Å². The largest absolute Gasteiger partial charge is 0.339 e. The minimum atomic E-state index is -0.580. The fourth-order valence-corrected chi connectivity index (χ4v) is 3.69. The lowest BCUT2D eigenvalue weighted by molar-refractivity contribution is -0.131. The van der Waals surface area contributed by atoms with Crippen LogP contribution in [0.3, 0.4) is 0 Å². The van der Waals surface area contributed by atoms with Gasteiger partial charge in [-0.2, -0.15) is 0 Å². The van der Waals surface area contributed by atoms with Crippen LogP contribution in [0.15, 0.2) is 41.8 Å². The highest BCUT2D eigenvalue weighted by Crippen LogP contribution is 2.41. The van der Waals surface area contributed by atoms with Gasteiger partial charge in [-0.1, -0.05) is 24.3 Å². The van der Waals surface area contributed by atoms with E-state index in [4.69, 9.17) is 0 Å². The van der Waals surface area contributed by atoms with E-state index in [-0.39, 0.29) is 18.4 Å². The van der Waals surface area contributed by atoms with Gasteiger partial charge in [-0.3, -0.25) is 9.59 Å². The Hall–Kier alpha value is -2.14. The van der Waals surface area contributed by atoms with E-state index >= 15 is 0 Å². The number of nitrogens with zero attached hydrogens (tertiary/aromatic N) is 2. The first kappa shape index (κ1) is 15.7. The van der Waals surface area contributed by atoms with Crippen molar-refractivity contribution in [1.82, 2.24) is 4.90 Å². The van der Waals surface area contributed by atoms with E-state index in [2.05, 4.69) is 0 Å². The van der Waals surface area contributed by atoms with E-state index in [0.717, 1.165) is 16.1 Å². The lowest BCUT2D eigenvalue weighted by Crippen LogP contribution is -2.43.